The fraction of sp³-hybridized carbons (Fsp3) is 0.267. The van der Waals surface area contributed by atoms with Crippen LogP contribution in [0.2, 0.25) is 0 Å². The molecule has 4 heteroatoms. The Balaban J connectivity index is 2.25. The van der Waals surface area contributed by atoms with Crippen LogP contribution in [0, 0.1) is 13.8 Å². The molecule has 0 spiro atoms. The van der Waals surface area contributed by atoms with E-state index >= 15 is 0 Å². The molecule has 0 amide bonds. The number of nitrogens with zero attached hydrogens (tertiary/aromatic N) is 1. The molecule has 19 heavy (non-hydrogen) atoms. The van der Waals surface area contributed by atoms with Crippen LogP contribution >= 0.6 is 15.9 Å². The number of hydrogen-bond acceptors (Lipinski definition) is 2. The minimum Gasteiger partial charge on any atom is -0.322 e. The molecule has 1 atom stereocenters. The number of benzene rings is 1. The zero-order valence-electron chi connectivity index (χ0n) is 11.1. The molecule has 1 aromatic heterocycles. The van der Waals surface area contributed by atoms with Crippen molar-refractivity contribution in [1.82, 2.24) is 4.57 Å². The van der Waals surface area contributed by atoms with Crippen LogP contribution in [-0.4, -0.2) is 4.57 Å². The van der Waals surface area contributed by atoms with Crippen molar-refractivity contribution >= 4 is 15.9 Å². The molecular formula is C15H17BrN2O. The van der Waals surface area contributed by atoms with Gasteiger partial charge in [-0.05, 0) is 52.5 Å². The average molecular weight is 321 g/mol. The van der Waals surface area contributed by atoms with Crippen LogP contribution in [0.25, 0.3) is 0 Å². The van der Waals surface area contributed by atoms with E-state index in [4.69, 9.17) is 5.73 Å². The Kier molecular flexibility index (Phi) is 4.22. The number of pyridine rings is 1. The minimum absolute atomic E-state index is 0.0394. The molecule has 2 aromatic rings. The van der Waals surface area contributed by atoms with Crippen LogP contribution in [-0.2, 0) is 6.54 Å². The lowest BCUT2D eigenvalue weighted by Crippen LogP contribution is -2.25. The van der Waals surface area contributed by atoms with Crippen LogP contribution in [0.1, 0.15) is 22.7 Å². The van der Waals surface area contributed by atoms with Crippen molar-refractivity contribution in [3.05, 3.63) is 68.0 Å². The van der Waals surface area contributed by atoms with Crippen molar-refractivity contribution < 1.29 is 0 Å². The predicted octanol–water partition coefficient (Wildman–Crippen LogP) is 2.93. The summed E-state index contributed by atoms with van der Waals surface area (Å²) in [6, 6.07) is 9.26. The summed E-state index contributed by atoms with van der Waals surface area (Å²) in [7, 11) is 0. The van der Waals surface area contributed by atoms with Gasteiger partial charge in [-0.15, -0.1) is 0 Å². The monoisotopic (exact) mass is 320 g/mol. The second-order valence-corrected chi connectivity index (χ2v) is 5.70. The van der Waals surface area contributed by atoms with Gasteiger partial charge in [0.25, 0.3) is 5.56 Å². The highest BCUT2D eigenvalue weighted by Gasteiger charge is 2.09. The van der Waals surface area contributed by atoms with Crippen LogP contribution in [0.3, 0.4) is 0 Å². The van der Waals surface area contributed by atoms with Gasteiger partial charge in [-0.25, -0.2) is 0 Å². The van der Waals surface area contributed by atoms with Crippen molar-refractivity contribution in [3.63, 3.8) is 0 Å². The van der Waals surface area contributed by atoms with E-state index in [1.165, 1.54) is 17.2 Å². The molecule has 0 aliphatic rings. The van der Waals surface area contributed by atoms with E-state index in [1.54, 1.807) is 16.8 Å². The molecular weight excluding hydrogens is 304 g/mol. The molecule has 3 nitrogen and oxygen atoms in total. The molecule has 0 bridgehead atoms. The van der Waals surface area contributed by atoms with Crippen molar-refractivity contribution in [3.8, 4) is 0 Å². The lowest BCUT2D eigenvalue weighted by atomic mass is 10.0. The maximum atomic E-state index is 11.7. The second-order valence-electron chi connectivity index (χ2n) is 4.79. The molecule has 0 saturated carbocycles. The molecule has 0 fully saturated rings. The average Bonchev–Trinajstić information content (AvgIpc) is 2.37. The van der Waals surface area contributed by atoms with Crippen LogP contribution in [0.4, 0.5) is 0 Å². The van der Waals surface area contributed by atoms with Gasteiger partial charge in [-0.3, -0.25) is 4.79 Å². The van der Waals surface area contributed by atoms with Gasteiger partial charge >= 0.3 is 0 Å². The van der Waals surface area contributed by atoms with Crippen molar-refractivity contribution in [2.24, 2.45) is 5.73 Å². The van der Waals surface area contributed by atoms with E-state index in [-0.39, 0.29) is 11.6 Å². The first-order valence-corrected chi connectivity index (χ1v) is 6.95. The summed E-state index contributed by atoms with van der Waals surface area (Å²) < 4.78 is 2.50. The number of rotatable bonds is 3. The van der Waals surface area contributed by atoms with Gasteiger partial charge < -0.3 is 10.3 Å². The highest BCUT2D eigenvalue weighted by atomic mass is 79.9. The Morgan fingerprint density at radius 2 is 1.95 bits per heavy atom. The Labute approximate surface area is 121 Å². The third-order valence-electron chi connectivity index (χ3n) is 3.30. The molecule has 0 saturated heterocycles. The molecule has 0 radical (unpaired) electrons. The molecule has 100 valence electrons. The third-order valence-corrected chi connectivity index (χ3v) is 3.77. The lowest BCUT2D eigenvalue weighted by molar-refractivity contribution is 0.560. The number of hydrogen-bond donors (Lipinski definition) is 1. The van der Waals surface area contributed by atoms with Crippen molar-refractivity contribution in [2.45, 2.75) is 26.4 Å². The van der Waals surface area contributed by atoms with E-state index in [1.807, 2.05) is 6.07 Å². The summed E-state index contributed by atoms with van der Waals surface area (Å²) in [6.07, 6.45) is 1.77. The number of aromatic nitrogens is 1. The number of aryl methyl sites for hydroxylation is 2. The Morgan fingerprint density at radius 1 is 1.21 bits per heavy atom. The fourth-order valence-corrected chi connectivity index (χ4v) is 2.34. The fourth-order valence-electron chi connectivity index (χ4n) is 1.96. The van der Waals surface area contributed by atoms with Crippen molar-refractivity contribution in [2.75, 3.05) is 0 Å². The van der Waals surface area contributed by atoms with Crippen LogP contribution in [0.15, 0.2) is 45.8 Å². The summed E-state index contributed by atoms with van der Waals surface area (Å²) in [4.78, 5) is 11.7. The number of halogens is 1. The van der Waals surface area contributed by atoms with E-state index < -0.39 is 0 Å². The standard InChI is InChI=1S/C15H17BrN2O/c1-10-3-4-12(7-11(10)2)14(17)9-18-8-13(16)5-6-15(18)19/h3-8,14H,9,17H2,1-2H3. The molecule has 2 rings (SSSR count). The van der Waals surface area contributed by atoms with Gasteiger partial charge in [0.1, 0.15) is 0 Å². The van der Waals surface area contributed by atoms with Gasteiger partial charge in [0.15, 0.2) is 0 Å². The van der Waals surface area contributed by atoms with Crippen LogP contribution < -0.4 is 11.3 Å². The zero-order chi connectivity index (χ0) is 14.0. The topological polar surface area (TPSA) is 48.0 Å². The molecule has 1 unspecified atom stereocenters. The molecule has 0 aliphatic heterocycles. The van der Waals surface area contributed by atoms with Gasteiger partial charge in [0, 0.05) is 29.3 Å². The maximum absolute atomic E-state index is 11.7. The largest absolute Gasteiger partial charge is 0.322 e. The Bertz CT molecular complexity index is 649. The predicted molar refractivity (Wildman–Crippen MR) is 81.2 cm³/mol. The first kappa shape index (κ1) is 14.0. The summed E-state index contributed by atoms with van der Waals surface area (Å²) >= 11 is 3.36. The normalized spacial score (nSPS) is 12.4. The van der Waals surface area contributed by atoms with E-state index in [0.717, 1.165) is 10.0 Å². The first-order chi connectivity index (χ1) is 8.97. The minimum atomic E-state index is -0.189. The highest BCUT2D eigenvalue weighted by Crippen LogP contribution is 2.17. The Morgan fingerprint density at radius 3 is 2.63 bits per heavy atom. The summed E-state index contributed by atoms with van der Waals surface area (Å²) in [5.74, 6) is 0. The maximum Gasteiger partial charge on any atom is 0.250 e. The van der Waals surface area contributed by atoms with Crippen LogP contribution in [0.5, 0.6) is 0 Å². The smallest absolute Gasteiger partial charge is 0.250 e. The van der Waals surface area contributed by atoms with Gasteiger partial charge in [-0.1, -0.05) is 18.2 Å². The van der Waals surface area contributed by atoms with E-state index in [9.17, 15) is 4.79 Å². The quantitative estimate of drug-likeness (QED) is 0.945. The summed E-state index contributed by atoms with van der Waals surface area (Å²) in [6.45, 7) is 4.61. The molecule has 1 aromatic carbocycles. The van der Waals surface area contributed by atoms with E-state index in [0.29, 0.717) is 6.54 Å². The summed E-state index contributed by atoms with van der Waals surface area (Å²) in [5, 5.41) is 0. The molecule has 2 N–H and O–H groups in total. The molecule has 1 heterocycles. The first-order valence-electron chi connectivity index (χ1n) is 6.16. The van der Waals surface area contributed by atoms with Gasteiger partial charge in [0.2, 0.25) is 0 Å². The van der Waals surface area contributed by atoms with Gasteiger partial charge in [-0.2, -0.15) is 0 Å². The van der Waals surface area contributed by atoms with E-state index in [2.05, 4.69) is 41.9 Å². The highest BCUT2D eigenvalue weighted by molar-refractivity contribution is 9.10. The number of nitrogens with two attached hydrogens (primary N) is 1. The van der Waals surface area contributed by atoms with Gasteiger partial charge in [0.05, 0.1) is 0 Å². The third kappa shape index (κ3) is 3.33. The van der Waals surface area contributed by atoms with Crippen molar-refractivity contribution in [1.29, 1.82) is 0 Å². The molecule has 0 aliphatic carbocycles. The zero-order valence-corrected chi connectivity index (χ0v) is 12.6. The Hall–Kier alpha value is -1.39. The summed E-state index contributed by atoms with van der Waals surface area (Å²) in [5.41, 5.74) is 9.66. The second kappa shape index (κ2) is 5.72. The lowest BCUT2D eigenvalue weighted by Gasteiger charge is -2.15. The SMILES string of the molecule is Cc1ccc(C(N)Cn2cc(Br)ccc2=O)cc1C.